The lowest BCUT2D eigenvalue weighted by Crippen LogP contribution is -2.35. The monoisotopic (exact) mass is 400 g/mol. The summed E-state index contributed by atoms with van der Waals surface area (Å²) in [7, 11) is -2.10. The van der Waals surface area contributed by atoms with Gasteiger partial charge in [-0.15, -0.1) is 11.3 Å². The Labute approximate surface area is 157 Å². The van der Waals surface area contributed by atoms with E-state index in [0.717, 1.165) is 11.3 Å². The third-order valence-corrected chi connectivity index (χ3v) is 7.32. The minimum Gasteiger partial charge on any atom is -0.364 e. The summed E-state index contributed by atoms with van der Waals surface area (Å²) in [5, 5.41) is 5.79. The summed E-state index contributed by atoms with van der Waals surface area (Å²) >= 11 is 7.63. The van der Waals surface area contributed by atoms with Crippen molar-refractivity contribution in [1.29, 1.82) is 0 Å². The number of ether oxygens (including phenoxy) is 1. The summed E-state index contributed by atoms with van der Waals surface area (Å²) in [4.78, 5) is 1.18. The normalized spacial score (nSPS) is 19.8. The lowest BCUT2D eigenvalue weighted by atomic mass is 10.0. The average Bonchev–Trinajstić information content (AvgIpc) is 3.05. The second-order valence-corrected chi connectivity index (χ2v) is 9.10. The summed E-state index contributed by atoms with van der Waals surface area (Å²) in [6.07, 6.45) is 0.607. The van der Waals surface area contributed by atoms with Gasteiger partial charge in [0.15, 0.2) is 0 Å². The van der Waals surface area contributed by atoms with E-state index in [1.165, 1.54) is 21.7 Å². The van der Waals surface area contributed by atoms with Crippen molar-refractivity contribution in [2.75, 3.05) is 18.0 Å². The molecule has 0 saturated carbocycles. The first kappa shape index (κ1) is 18.7. The molecule has 2 unspecified atom stereocenters. The van der Waals surface area contributed by atoms with Crippen LogP contribution in [-0.2, 0) is 14.8 Å². The summed E-state index contributed by atoms with van der Waals surface area (Å²) in [6, 6.07) is 6.59. The van der Waals surface area contributed by atoms with Crippen molar-refractivity contribution in [2.45, 2.75) is 37.4 Å². The number of nitrogens with one attached hydrogen (secondary N) is 1. The van der Waals surface area contributed by atoms with Gasteiger partial charge in [0, 0.05) is 18.7 Å². The van der Waals surface area contributed by atoms with Gasteiger partial charge in [-0.25, -0.2) is 8.42 Å². The SMILES string of the molecule is CCOC(CC)NC1c2ccc(Cl)cc2S(=O)(=O)N(C)c2ccsc21. The van der Waals surface area contributed by atoms with E-state index in [2.05, 4.69) is 5.32 Å². The van der Waals surface area contributed by atoms with E-state index in [4.69, 9.17) is 16.3 Å². The molecule has 25 heavy (non-hydrogen) atoms. The van der Waals surface area contributed by atoms with Gasteiger partial charge in [0.1, 0.15) is 6.23 Å². The van der Waals surface area contributed by atoms with E-state index in [1.807, 2.05) is 25.3 Å². The molecule has 0 saturated heterocycles. The van der Waals surface area contributed by atoms with Crippen LogP contribution in [0, 0.1) is 0 Å². The van der Waals surface area contributed by atoms with Gasteiger partial charge in [-0.2, -0.15) is 0 Å². The molecule has 0 fully saturated rings. The van der Waals surface area contributed by atoms with Crippen molar-refractivity contribution in [3.63, 3.8) is 0 Å². The minimum absolute atomic E-state index is 0.167. The largest absolute Gasteiger partial charge is 0.364 e. The second-order valence-electron chi connectivity index (χ2n) is 5.78. The molecule has 1 N–H and O–H groups in total. The smallest absolute Gasteiger partial charge is 0.264 e. The molecule has 1 aromatic heterocycles. The van der Waals surface area contributed by atoms with E-state index >= 15 is 0 Å². The number of sulfonamides is 1. The summed E-state index contributed by atoms with van der Waals surface area (Å²) in [5.74, 6) is 0. The number of nitrogens with zero attached hydrogens (tertiary/aromatic N) is 1. The van der Waals surface area contributed by atoms with E-state index < -0.39 is 10.0 Å². The number of rotatable bonds is 5. The number of anilines is 1. The highest BCUT2D eigenvalue weighted by molar-refractivity contribution is 7.92. The predicted molar refractivity (Wildman–Crippen MR) is 102 cm³/mol. The maximum atomic E-state index is 13.1. The van der Waals surface area contributed by atoms with E-state index in [-0.39, 0.29) is 17.2 Å². The third kappa shape index (κ3) is 3.31. The van der Waals surface area contributed by atoms with Gasteiger partial charge in [-0.1, -0.05) is 24.6 Å². The summed E-state index contributed by atoms with van der Waals surface area (Å²) in [5.41, 5.74) is 1.37. The molecule has 0 amide bonds. The number of hydrogen-bond acceptors (Lipinski definition) is 5. The highest BCUT2D eigenvalue weighted by atomic mass is 35.5. The number of halogens is 1. The molecule has 1 aromatic carbocycles. The Bertz CT molecular complexity index is 867. The van der Waals surface area contributed by atoms with Crippen LogP contribution in [0.4, 0.5) is 5.69 Å². The molecule has 136 valence electrons. The van der Waals surface area contributed by atoms with Crippen molar-refractivity contribution >= 4 is 38.6 Å². The van der Waals surface area contributed by atoms with Gasteiger partial charge in [0.2, 0.25) is 0 Å². The minimum atomic E-state index is -3.68. The Morgan fingerprint density at radius 1 is 1.36 bits per heavy atom. The molecular formula is C17H21ClN2O3S2. The topological polar surface area (TPSA) is 58.6 Å². The van der Waals surface area contributed by atoms with E-state index in [0.29, 0.717) is 22.9 Å². The molecule has 0 bridgehead atoms. The van der Waals surface area contributed by atoms with Crippen LogP contribution in [-0.4, -0.2) is 28.3 Å². The van der Waals surface area contributed by atoms with Crippen LogP contribution < -0.4 is 9.62 Å². The van der Waals surface area contributed by atoms with Gasteiger partial charge in [0.05, 0.1) is 21.5 Å². The van der Waals surface area contributed by atoms with Gasteiger partial charge >= 0.3 is 0 Å². The van der Waals surface area contributed by atoms with Crippen LogP contribution in [0.25, 0.3) is 0 Å². The molecule has 3 rings (SSSR count). The number of thiophene rings is 1. The van der Waals surface area contributed by atoms with Crippen LogP contribution >= 0.6 is 22.9 Å². The van der Waals surface area contributed by atoms with Crippen LogP contribution in [0.3, 0.4) is 0 Å². The lowest BCUT2D eigenvalue weighted by Gasteiger charge is -2.25. The molecule has 0 spiro atoms. The molecule has 8 heteroatoms. The fourth-order valence-electron chi connectivity index (χ4n) is 3.02. The first-order chi connectivity index (χ1) is 11.9. The molecule has 1 aliphatic rings. The number of benzene rings is 1. The molecule has 2 aromatic rings. The zero-order chi connectivity index (χ0) is 18.2. The maximum Gasteiger partial charge on any atom is 0.264 e. The zero-order valence-corrected chi connectivity index (χ0v) is 16.7. The molecule has 2 atom stereocenters. The summed E-state index contributed by atoms with van der Waals surface area (Å²) in [6.45, 7) is 4.56. The first-order valence-electron chi connectivity index (χ1n) is 8.13. The predicted octanol–water partition coefficient (Wildman–Crippen LogP) is 3.99. The fraction of sp³-hybridized carbons (Fsp3) is 0.412. The molecule has 0 aliphatic carbocycles. The second kappa shape index (κ2) is 7.25. The number of hydrogen-bond donors (Lipinski definition) is 1. The molecular weight excluding hydrogens is 380 g/mol. The van der Waals surface area contributed by atoms with Crippen molar-refractivity contribution in [1.82, 2.24) is 5.32 Å². The Morgan fingerprint density at radius 3 is 2.80 bits per heavy atom. The molecule has 5 nitrogen and oxygen atoms in total. The van der Waals surface area contributed by atoms with Crippen LogP contribution in [0.2, 0.25) is 5.02 Å². The van der Waals surface area contributed by atoms with Crippen LogP contribution in [0.5, 0.6) is 0 Å². The Hall–Kier alpha value is -1.12. The quantitative estimate of drug-likeness (QED) is 0.771. The van der Waals surface area contributed by atoms with E-state index in [1.54, 1.807) is 19.2 Å². The summed E-state index contributed by atoms with van der Waals surface area (Å²) < 4.78 is 33.2. The Balaban J connectivity index is 2.20. The maximum absolute atomic E-state index is 13.1. The van der Waals surface area contributed by atoms with E-state index in [9.17, 15) is 8.42 Å². The van der Waals surface area contributed by atoms with Crippen LogP contribution in [0.1, 0.15) is 36.8 Å². The van der Waals surface area contributed by atoms with Crippen LogP contribution in [0.15, 0.2) is 34.5 Å². The number of fused-ring (bicyclic) bond motifs is 2. The average molecular weight is 401 g/mol. The zero-order valence-electron chi connectivity index (χ0n) is 14.3. The van der Waals surface area contributed by atoms with Crippen molar-refractivity contribution in [3.05, 3.63) is 45.1 Å². The Kier molecular flexibility index (Phi) is 5.41. The van der Waals surface area contributed by atoms with Crippen molar-refractivity contribution < 1.29 is 13.2 Å². The molecule has 1 aliphatic heterocycles. The van der Waals surface area contributed by atoms with Gasteiger partial charge < -0.3 is 4.74 Å². The fourth-order valence-corrected chi connectivity index (χ4v) is 5.78. The third-order valence-electron chi connectivity index (χ3n) is 4.29. The van der Waals surface area contributed by atoms with Gasteiger partial charge in [0.25, 0.3) is 10.0 Å². The van der Waals surface area contributed by atoms with Crippen molar-refractivity contribution in [2.24, 2.45) is 0 Å². The highest BCUT2D eigenvalue weighted by Crippen LogP contribution is 2.43. The van der Waals surface area contributed by atoms with Crippen molar-refractivity contribution in [3.8, 4) is 0 Å². The van der Waals surface area contributed by atoms with Gasteiger partial charge in [-0.05, 0) is 42.5 Å². The molecule has 2 heterocycles. The first-order valence-corrected chi connectivity index (χ1v) is 10.8. The standard InChI is InChI=1S/C17H21ClN2O3S2/c1-4-15(23-5-2)19-16-12-7-6-11(18)10-14(12)25(21,22)20(3)13-8-9-24-17(13)16/h6-10,15-16,19H,4-5H2,1-3H3. The van der Waals surface area contributed by atoms with Gasteiger partial charge in [-0.3, -0.25) is 9.62 Å². The lowest BCUT2D eigenvalue weighted by molar-refractivity contribution is 0.0301. The molecule has 0 radical (unpaired) electrons. The highest BCUT2D eigenvalue weighted by Gasteiger charge is 2.36. The Morgan fingerprint density at radius 2 is 2.12 bits per heavy atom.